The Bertz CT molecular complexity index is 570. The highest BCUT2D eigenvalue weighted by atomic mass is 79.9. The average molecular weight is 339 g/mol. The van der Waals surface area contributed by atoms with Gasteiger partial charge in [0, 0.05) is 9.37 Å². The van der Waals surface area contributed by atoms with Gasteiger partial charge in [-0.3, -0.25) is 0 Å². The fourth-order valence-corrected chi connectivity index (χ4v) is 2.95. The van der Waals surface area contributed by atoms with E-state index in [2.05, 4.69) is 15.9 Å². The van der Waals surface area contributed by atoms with Crippen molar-refractivity contribution in [3.05, 3.63) is 52.5 Å². The van der Waals surface area contributed by atoms with E-state index in [1.54, 1.807) is 18.7 Å². The zero-order valence-electron chi connectivity index (χ0n) is 10.8. The number of rotatable bonds is 4. The lowest BCUT2D eigenvalue weighted by atomic mass is 10.1. The molecule has 0 aromatic heterocycles. The van der Waals surface area contributed by atoms with Gasteiger partial charge in [-0.15, -0.1) is 11.8 Å². The van der Waals surface area contributed by atoms with Gasteiger partial charge in [-0.2, -0.15) is 0 Å². The Hall–Kier alpha value is -0.970. The summed E-state index contributed by atoms with van der Waals surface area (Å²) in [6.45, 7) is 1.74. The highest BCUT2D eigenvalue weighted by Crippen LogP contribution is 2.34. The molecule has 0 saturated carbocycles. The van der Waals surface area contributed by atoms with Crippen LogP contribution in [0.15, 0.2) is 51.8 Å². The molecular formula is C15H15BrO2S. The molecule has 19 heavy (non-hydrogen) atoms. The Balaban J connectivity index is 2.26. The second-order valence-corrected chi connectivity index (χ2v) is 5.81. The van der Waals surface area contributed by atoms with E-state index >= 15 is 0 Å². The molecule has 100 valence electrons. The number of aliphatic hydroxyl groups excluding tert-OH is 1. The molecule has 0 amide bonds. The number of thioether (sulfide) groups is 1. The molecule has 0 spiro atoms. The maximum absolute atomic E-state index is 9.59. The number of hydrogen-bond donors (Lipinski definition) is 1. The minimum Gasteiger partial charge on any atom is -0.456 e. The van der Waals surface area contributed by atoms with E-state index in [0.717, 1.165) is 26.4 Å². The van der Waals surface area contributed by atoms with Crippen LogP contribution in [0.1, 0.15) is 18.6 Å². The Morgan fingerprint density at radius 2 is 1.95 bits per heavy atom. The molecule has 0 saturated heterocycles. The van der Waals surface area contributed by atoms with Crippen LogP contribution < -0.4 is 4.74 Å². The summed E-state index contributed by atoms with van der Waals surface area (Å²) in [5.74, 6) is 1.59. The Morgan fingerprint density at radius 3 is 2.58 bits per heavy atom. The summed E-state index contributed by atoms with van der Waals surface area (Å²) in [5.41, 5.74) is 0.852. The summed E-state index contributed by atoms with van der Waals surface area (Å²) < 4.78 is 6.73. The van der Waals surface area contributed by atoms with Crippen LogP contribution >= 0.6 is 27.7 Å². The van der Waals surface area contributed by atoms with Crippen molar-refractivity contribution in [2.75, 3.05) is 6.26 Å². The lowest BCUT2D eigenvalue weighted by Crippen LogP contribution is -1.93. The lowest BCUT2D eigenvalue weighted by Gasteiger charge is -2.12. The first-order valence-corrected chi connectivity index (χ1v) is 7.92. The summed E-state index contributed by atoms with van der Waals surface area (Å²) in [7, 11) is 0. The highest BCUT2D eigenvalue weighted by Gasteiger charge is 2.09. The molecule has 0 aliphatic heterocycles. The van der Waals surface area contributed by atoms with Crippen molar-refractivity contribution in [1.29, 1.82) is 0 Å². The van der Waals surface area contributed by atoms with Crippen LogP contribution in [-0.4, -0.2) is 11.4 Å². The molecule has 2 aromatic rings. The largest absolute Gasteiger partial charge is 0.456 e. The van der Waals surface area contributed by atoms with Crippen LogP contribution in [0.25, 0.3) is 0 Å². The van der Waals surface area contributed by atoms with E-state index in [1.807, 2.05) is 48.7 Å². The van der Waals surface area contributed by atoms with Gasteiger partial charge in [0.2, 0.25) is 0 Å². The van der Waals surface area contributed by atoms with Crippen LogP contribution in [-0.2, 0) is 0 Å². The zero-order valence-corrected chi connectivity index (χ0v) is 13.2. The standard InChI is InChI=1S/C15H15BrO2S/c1-10(17)12-8-7-11(9-13(12)16)18-14-5-3-4-6-15(14)19-2/h3-10,17H,1-2H3. The first-order chi connectivity index (χ1) is 9.11. The van der Waals surface area contributed by atoms with Crippen molar-refractivity contribution in [2.45, 2.75) is 17.9 Å². The third kappa shape index (κ3) is 3.53. The maximum Gasteiger partial charge on any atom is 0.140 e. The van der Waals surface area contributed by atoms with Crippen LogP contribution in [0.3, 0.4) is 0 Å². The first kappa shape index (κ1) is 14.4. The maximum atomic E-state index is 9.59. The Labute approximate surface area is 125 Å². The summed E-state index contributed by atoms with van der Waals surface area (Å²) >= 11 is 5.10. The van der Waals surface area contributed by atoms with Crippen LogP contribution in [0, 0.1) is 0 Å². The molecule has 2 nitrogen and oxygen atoms in total. The van der Waals surface area contributed by atoms with Crippen molar-refractivity contribution in [3.63, 3.8) is 0 Å². The van der Waals surface area contributed by atoms with Gasteiger partial charge in [-0.25, -0.2) is 0 Å². The number of para-hydroxylation sites is 1. The van der Waals surface area contributed by atoms with Crippen LogP contribution in [0.4, 0.5) is 0 Å². The molecule has 0 fully saturated rings. The molecule has 0 bridgehead atoms. The van der Waals surface area contributed by atoms with E-state index < -0.39 is 6.10 Å². The van der Waals surface area contributed by atoms with Gasteiger partial charge in [0.25, 0.3) is 0 Å². The van der Waals surface area contributed by atoms with Gasteiger partial charge in [-0.05, 0) is 43.0 Å². The number of halogens is 1. The number of aliphatic hydroxyl groups is 1. The topological polar surface area (TPSA) is 29.5 Å². The highest BCUT2D eigenvalue weighted by molar-refractivity contribution is 9.10. The summed E-state index contributed by atoms with van der Waals surface area (Å²) in [4.78, 5) is 1.10. The lowest BCUT2D eigenvalue weighted by molar-refractivity contribution is 0.198. The number of benzene rings is 2. The third-order valence-electron chi connectivity index (χ3n) is 2.72. The zero-order chi connectivity index (χ0) is 13.8. The summed E-state index contributed by atoms with van der Waals surface area (Å²) in [6, 6.07) is 13.5. The van der Waals surface area contributed by atoms with Gasteiger partial charge in [-0.1, -0.05) is 34.1 Å². The van der Waals surface area contributed by atoms with Gasteiger partial charge < -0.3 is 9.84 Å². The number of ether oxygens (including phenoxy) is 1. The molecule has 2 aromatic carbocycles. The molecule has 1 atom stereocenters. The van der Waals surface area contributed by atoms with Gasteiger partial charge >= 0.3 is 0 Å². The van der Waals surface area contributed by atoms with Gasteiger partial charge in [0.05, 0.1) is 6.10 Å². The predicted molar refractivity (Wildman–Crippen MR) is 83.1 cm³/mol. The molecule has 1 N–H and O–H groups in total. The van der Waals surface area contributed by atoms with E-state index in [0.29, 0.717) is 0 Å². The van der Waals surface area contributed by atoms with Crippen molar-refractivity contribution in [2.24, 2.45) is 0 Å². The smallest absolute Gasteiger partial charge is 0.140 e. The molecule has 0 aliphatic carbocycles. The quantitative estimate of drug-likeness (QED) is 0.794. The second kappa shape index (κ2) is 6.46. The predicted octanol–water partition coefficient (Wildman–Crippen LogP) is 5.02. The van der Waals surface area contributed by atoms with E-state index in [4.69, 9.17) is 4.74 Å². The van der Waals surface area contributed by atoms with Crippen molar-refractivity contribution < 1.29 is 9.84 Å². The Morgan fingerprint density at radius 1 is 1.21 bits per heavy atom. The fourth-order valence-electron chi connectivity index (χ4n) is 1.74. The summed E-state index contributed by atoms with van der Waals surface area (Å²) in [5, 5.41) is 9.59. The molecule has 0 heterocycles. The Kier molecular flexibility index (Phi) is 4.91. The fraction of sp³-hybridized carbons (Fsp3) is 0.200. The monoisotopic (exact) mass is 338 g/mol. The van der Waals surface area contributed by atoms with Gasteiger partial charge in [0.1, 0.15) is 11.5 Å². The average Bonchev–Trinajstić information content (AvgIpc) is 2.39. The number of hydrogen-bond acceptors (Lipinski definition) is 3. The first-order valence-electron chi connectivity index (χ1n) is 5.90. The second-order valence-electron chi connectivity index (χ2n) is 4.11. The molecule has 1 unspecified atom stereocenters. The third-order valence-corrected chi connectivity index (χ3v) is 4.18. The van der Waals surface area contributed by atoms with Crippen LogP contribution in [0.2, 0.25) is 0 Å². The van der Waals surface area contributed by atoms with Crippen LogP contribution in [0.5, 0.6) is 11.5 Å². The van der Waals surface area contributed by atoms with Crippen molar-refractivity contribution in [1.82, 2.24) is 0 Å². The summed E-state index contributed by atoms with van der Waals surface area (Å²) in [6.07, 6.45) is 1.52. The minimum atomic E-state index is -0.498. The minimum absolute atomic E-state index is 0.498. The molecular weight excluding hydrogens is 324 g/mol. The molecule has 0 radical (unpaired) electrons. The van der Waals surface area contributed by atoms with E-state index in [-0.39, 0.29) is 0 Å². The van der Waals surface area contributed by atoms with E-state index in [9.17, 15) is 5.11 Å². The molecule has 4 heteroatoms. The SMILES string of the molecule is CSc1ccccc1Oc1ccc(C(C)O)c(Br)c1. The van der Waals surface area contributed by atoms with Gasteiger partial charge in [0.15, 0.2) is 0 Å². The normalized spacial score (nSPS) is 12.2. The van der Waals surface area contributed by atoms with E-state index in [1.165, 1.54) is 0 Å². The van der Waals surface area contributed by atoms with Crippen molar-refractivity contribution >= 4 is 27.7 Å². The molecule has 0 aliphatic rings. The molecule has 2 rings (SSSR count). The van der Waals surface area contributed by atoms with Crippen molar-refractivity contribution in [3.8, 4) is 11.5 Å².